The SMILES string of the molecule is CC.CC(C)C1=C2C3CCC4C(C)(CCC5C(C)(C)C(OC(=O)CC(C)(C)C(=O)O)CCC54C)C3CC[C@@]2(C(=O)NC(C)c2ccccc2)CC1=O. The molecule has 6 rings (SSSR count). The minimum Gasteiger partial charge on any atom is -0.481 e. The molecule has 0 aliphatic heterocycles. The van der Waals surface area contributed by atoms with Gasteiger partial charge in [0.25, 0.3) is 0 Å². The molecule has 0 radical (unpaired) electrons. The Bertz CT molecular complexity index is 1570. The van der Waals surface area contributed by atoms with Crippen LogP contribution in [0.15, 0.2) is 41.5 Å². The third-order valence-corrected chi connectivity index (χ3v) is 15.1. The maximum absolute atomic E-state index is 14.5. The van der Waals surface area contributed by atoms with Crippen LogP contribution >= 0.6 is 0 Å². The Morgan fingerprint density at radius 3 is 2.13 bits per heavy atom. The van der Waals surface area contributed by atoms with Crippen molar-refractivity contribution in [2.45, 2.75) is 153 Å². The van der Waals surface area contributed by atoms with Gasteiger partial charge in [-0.05, 0) is 129 Å². The quantitative estimate of drug-likeness (QED) is 0.259. The van der Waals surface area contributed by atoms with E-state index in [4.69, 9.17) is 4.74 Å². The Labute approximate surface area is 313 Å². The van der Waals surface area contributed by atoms with E-state index in [-0.39, 0.29) is 58.3 Å². The lowest BCUT2D eigenvalue weighted by Gasteiger charge is -2.68. The van der Waals surface area contributed by atoms with Crippen molar-refractivity contribution in [3.63, 3.8) is 0 Å². The number of Topliss-reactive ketones (excluding diaryl/α,β-unsaturated/α-hetero) is 1. The van der Waals surface area contributed by atoms with E-state index >= 15 is 0 Å². The first kappa shape index (κ1) is 40.2. The molecule has 1 aromatic carbocycles. The number of hydrogen-bond donors (Lipinski definition) is 2. The number of carboxylic acids is 1. The zero-order chi connectivity index (χ0) is 38.6. The maximum Gasteiger partial charge on any atom is 0.309 e. The smallest absolute Gasteiger partial charge is 0.309 e. The summed E-state index contributed by atoms with van der Waals surface area (Å²) in [6.07, 6.45) is 7.54. The monoisotopic (exact) mass is 717 g/mol. The number of fused-ring (bicyclic) bond motifs is 7. The van der Waals surface area contributed by atoms with E-state index in [0.717, 1.165) is 62.5 Å². The van der Waals surface area contributed by atoms with E-state index in [1.165, 1.54) is 5.57 Å². The lowest BCUT2D eigenvalue weighted by Crippen LogP contribution is -2.63. The van der Waals surface area contributed by atoms with Crippen LogP contribution in [0.5, 0.6) is 0 Å². The highest BCUT2D eigenvalue weighted by Crippen LogP contribution is 2.73. The van der Waals surface area contributed by atoms with Gasteiger partial charge in [0.15, 0.2) is 5.78 Å². The number of ketones is 1. The van der Waals surface area contributed by atoms with Gasteiger partial charge in [-0.25, -0.2) is 0 Å². The Morgan fingerprint density at radius 1 is 0.885 bits per heavy atom. The number of allylic oxidation sites excluding steroid dienone is 1. The Kier molecular flexibility index (Phi) is 11.1. The third-order valence-electron chi connectivity index (χ3n) is 15.1. The highest BCUT2D eigenvalue weighted by atomic mass is 16.5. The molecular weight excluding hydrogens is 650 g/mol. The highest BCUT2D eigenvalue weighted by Gasteiger charge is 2.67. The van der Waals surface area contributed by atoms with Crippen LogP contribution in [0.3, 0.4) is 0 Å². The first-order valence-electron chi connectivity index (χ1n) is 20.4. The number of aliphatic carboxylic acids is 1. The molecule has 7 heteroatoms. The van der Waals surface area contributed by atoms with Crippen LogP contribution in [0.2, 0.25) is 0 Å². The molecule has 5 aliphatic rings. The van der Waals surface area contributed by atoms with Crippen LogP contribution in [0.1, 0.15) is 152 Å². The summed E-state index contributed by atoms with van der Waals surface area (Å²) in [5.74, 6) is 0.370. The molecule has 4 saturated carbocycles. The van der Waals surface area contributed by atoms with Crippen LogP contribution in [0, 0.1) is 56.7 Å². The molecule has 1 amide bonds. The van der Waals surface area contributed by atoms with Gasteiger partial charge in [0.05, 0.1) is 23.3 Å². The second-order valence-electron chi connectivity index (χ2n) is 19.0. The summed E-state index contributed by atoms with van der Waals surface area (Å²) in [7, 11) is 0. The average molecular weight is 718 g/mol. The van der Waals surface area contributed by atoms with E-state index in [2.05, 4.69) is 46.9 Å². The van der Waals surface area contributed by atoms with Gasteiger partial charge in [0, 0.05) is 11.8 Å². The zero-order valence-electron chi connectivity index (χ0n) is 34.0. The fourth-order valence-electron chi connectivity index (χ4n) is 12.6. The summed E-state index contributed by atoms with van der Waals surface area (Å²) in [5, 5.41) is 12.9. The minimum absolute atomic E-state index is 0.0237. The molecule has 7 nitrogen and oxygen atoms in total. The van der Waals surface area contributed by atoms with Gasteiger partial charge in [-0.1, -0.05) is 85.7 Å². The lowest BCUT2D eigenvalue weighted by molar-refractivity contribution is -0.213. The van der Waals surface area contributed by atoms with Gasteiger partial charge in [0.2, 0.25) is 5.91 Å². The second-order valence-corrected chi connectivity index (χ2v) is 19.0. The number of esters is 1. The molecule has 288 valence electrons. The van der Waals surface area contributed by atoms with E-state index in [0.29, 0.717) is 24.2 Å². The third kappa shape index (κ3) is 6.48. The van der Waals surface area contributed by atoms with Crippen molar-refractivity contribution in [3.05, 3.63) is 47.0 Å². The Hall–Kier alpha value is -2.96. The number of hydrogen-bond acceptors (Lipinski definition) is 5. The molecule has 0 bridgehead atoms. The Morgan fingerprint density at radius 2 is 1.52 bits per heavy atom. The normalized spacial score (nSPS) is 35.5. The predicted octanol–water partition coefficient (Wildman–Crippen LogP) is 9.89. The number of nitrogens with one attached hydrogen (secondary N) is 1. The van der Waals surface area contributed by atoms with E-state index in [9.17, 15) is 24.3 Å². The first-order valence-corrected chi connectivity index (χ1v) is 20.4. The van der Waals surface area contributed by atoms with Crippen molar-refractivity contribution in [2.24, 2.45) is 56.7 Å². The van der Waals surface area contributed by atoms with Crippen molar-refractivity contribution in [2.75, 3.05) is 0 Å². The summed E-state index contributed by atoms with van der Waals surface area (Å²) in [5.41, 5.74) is 1.17. The number of carbonyl (C=O) groups is 4. The Balaban J connectivity index is 0.00000257. The van der Waals surface area contributed by atoms with Crippen molar-refractivity contribution >= 4 is 23.6 Å². The molecule has 0 heterocycles. The van der Waals surface area contributed by atoms with Crippen molar-refractivity contribution in [1.29, 1.82) is 0 Å². The van der Waals surface area contributed by atoms with Crippen LogP contribution in [-0.2, 0) is 23.9 Å². The van der Waals surface area contributed by atoms with E-state index < -0.39 is 22.8 Å². The molecule has 0 spiro atoms. The fraction of sp³-hybridized carbons (Fsp3) is 0.733. The number of benzene rings is 1. The van der Waals surface area contributed by atoms with Crippen LogP contribution < -0.4 is 5.32 Å². The molecule has 2 N–H and O–H groups in total. The van der Waals surface area contributed by atoms with Gasteiger partial charge < -0.3 is 15.2 Å². The topological polar surface area (TPSA) is 110 Å². The summed E-state index contributed by atoms with van der Waals surface area (Å²) >= 11 is 0. The number of rotatable bonds is 8. The van der Waals surface area contributed by atoms with E-state index in [1.54, 1.807) is 13.8 Å². The highest BCUT2D eigenvalue weighted by molar-refractivity contribution is 6.07. The molecular formula is C45H67NO6. The maximum atomic E-state index is 14.5. The summed E-state index contributed by atoms with van der Waals surface area (Å²) in [6, 6.07) is 9.95. The average Bonchev–Trinajstić information content (AvgIpc) is 3.40. The van der Waals surface area contributed by atoms with E-state index in [1.807, 2.05) is 51.1 Å². The van der Waals surface area contributed by atoms with Gasteiger partial charge in [-0.2, -0.15) is 0 Å². The number of carboxylic acid groups (broad SMARTS) is 1. The largest absolute Gasteiger partial charge is 0.481 e. The fourth-order valence-corrected chi connectivity index (χ4v) is 12.6. The zero-order valence-corrected chi connectivity index (χ0v) is 34.0. The van der Waals surface area contributed by atoms with Gasteiger partial charge in [-0.15, -0.1) is 0 Å². The molecule has 0 aromatic heterocycles. The molecule has 5 aliphatic carbocycles. The lowest BCUT2D eigenvalue weighted by atomic mass is 9.36. The summed E-state index contributed by atoms with van der Waals surface area (Å²) in [6.45, 7) is 23.0. The molecule has 8 unspecified atom stereocenters. The van der Waals surface area contributed by atoms with Gasteiger partial charge in [0.1, 0.15) is 6.10 Å². The summed E-state index contributed by atoms with van der Waals surface area (Å²) < 4.78 is 6.14. The standard InChI is InChI=1S/C43H61NO6.C2H6/c1-25(2)35-30(45)23-43(37(47)44-26(3)27-13-11-10-12-14-27)22-17-29-28(36(35)43)15-16-32-41(29,8)20-18-31-40(6,7)33(19-21-42(31,32)9)50-34(46)24-39(4,5)38(48)49;1-2/h10-14,25-26,28-29,31-33H,15-24H2,1-9H3,(H,44,47)(H,48,49);1-2H3/t26?,28?,29?,31?,32?,33?,41?,42?,43-;/m1./s1. The van der Waals surface area contributed by atoms with Crippen molar-refractivity contribution in [3.8, 4) is 0 Å². The minimum atomic E-state index is -1.16. The number of carbonyl (C=O) groups excluding carboxylic acids is 3. The molecule has 0 saturated heterocycles. The van der Waals surface area contributed by atoms with Gasteiger partial charge >= 0.3 is 11.9 Å². The molecule has 9 atom stereocenters. The second kappa shape index (κ2) is 14.4. The van der Waals surface area contributed by atoms with Crippen LogP contribution in [-0.4, -0.2) is 34.8 Å². The first-order chi connectivity index (χ1) is 24.3. The summed E-state index contributed by atoms with van der Waals surface area (Å²) in [4.78, 5) is 53.2. The predicted molar refractivity (Wildman–Crippen MR) is 205 cm³/mol. The molecule has 52 heavy (non-hydrogen) atoms. The van der Waals surface area contributed by atoms with Gasteiger partial charge in [-0.3, -0.25) is 19.2 Å². The van der Waals surface area contributed by atoms with Crippen LogP contribution in [0.25, 0.3) is 0 Å². The number of amides is 1. The van der Waals surface area contributed by atoms with Crippen molar-refractivity contribution < 1.29 is 29.0 Å². The number of ether oxygens (including phenoxy) is 1. The molecule has 1 aromatic rings. The van der Waals surface area contributed by atoms with Crippen LogP contribution in [0.4, 0.5) is 0 Å². The molecule has 4 fully saturated rings. The van der Waals surface area contributed by atoms with Crippen molar-refractivity contribution in [1.82, 2.24) is 5.32 Å².